The molecule has 0 unspecified atom stereocenters. The molecule has 1 amide bonds. The minimum Gasteiger partial charge on any atom is -0.463 e. The highest BCUT2D eigenvalue weighted by Crippen LogP contribution is 2.18. The third-order valence-corrected chi connectivity index (χ3v) is 6.18. The topological polar surface area (TPSA) is 105 Å². The second-order valence-corrected chi connectivity index (χ2v) is 8.85. The second kappa shape index (κ2) is 11.3. The predicted octanol–water partition coefficient (Wildman–Crippen LogP) is 2.24. The van der Waals surface area contributed by atoms with Gasteiger partial charge in [0.2, 0.25) is 15.9 Å². The minimum absolute atomic E-state index is 0.0284. The van der Waals surface area contributed by atoms with Gasteiger partial charge in [0.1, 0.15) is 0 Å². The maximum absolute atomic E-state index is 12.4. The molecule has 0 fully saturated rings. The maximum Gasteiger partial charge on any atom is 0.330 e. The molecule has 8 nitrogen and oxygen atoms in total. The van der Waals surface area contributed by atoms with Gasteiger partial charge in [-0.3, -0.25) is 4.79 Å². The summed E-state index contributed by atoms with van der Waals surface area (Å²) in [6, 6.07) is 13.8. The fraction of sp³-hybridized carbons (Fsp3) is 0.273. The van der Waals surface area contributed by atoms with E-state index in [0.29, 0.717) is 12.2 Å². The predicted molar refractivity (Wildman–Crippen MR) is 120 cm³/mol. The summed E-state index contributed by atoms with van der Waals surface area (Å²) in [5.74, 6) is -0.676. The first-order valence-corrected chi connectivity index (χ1v) is 11.1. The molecule has 2 aromatic carbocycles. The summed E-state index contributed by atoms with van der Waals surface area (Å²) in [6.45, 7) is 2.19. The molecule has 0 saturated carbocycles. The number of esters is 1. The van der Waals surface area contributed by atoms with Crippen molar-refractivity contribution in [3.8, 4) is 0 Å². The van der Waals surface area contributed by atoms with Gasteiger partial charge in [0.05, 0.1) is 18.0 Å². The van der Waals surface area contributed by atoms with Crippen LogP contribution in [0.2, 0.25) is 0 Å². The molecule has 0 saturated heterocycles. The molecule has 166 valence electrons. The van der Waals surface area contributed by atoms with Crippen LogP contribution in [0.3, 0.4) is 0 Å². The molecule has 0 atom stereocenters. The van der Waals surface area contributed by atoms with Crippen LogP contribution in [0.25, 0.3) is 6.08 Å². The average molecular weight is 446 g/mol. The largest absolute Gasteiger partial charge is 0.463 e. The summed E-state index contributed by atoms with van der Waals surface area (Å²) in [7, 11) is -0.667. The van der Waals surface area contributed by atoms with Crippen LogP contribution in [-0.2, 0) is 30.9 Å². The number of carbonyl (C=O) groups is 2. The van der Waals surface area contributed by atoms with E-state index >= 15 is 0 Å². The van der Waals surface area contributed by atoms with Crippen LogP contribution < -0.4 is 10.6 Å². The van der Waals surface area contributed by atoms with Gasteiger partial charge < -0.3 is 15.4 Å². The molecule has 0 aromatic heterocycles. The Balaban J connectivity index is 1.89. The lowest BCUT2D eigenvalue weighted by Gasteiger charge is -2.15. The van der Waals surface area contributed by atoms with Gasteiger partial charge in [-0.15, -0.1) is 0 Å². The normalized spacial score (nSPS) is 11.5. The van der Waals surface area contributed by atoms with E-state index in [9.17, 15) is 18.0 Å². The van der Waals surface area contributed by atoms with E-state index < -0.39 is 16.0 Å². The summed E-state index contributed by atoms with van der Waals surface area (Å²) in [5.41, 5.74) is 2.07. The van der Waals surface area contributed by atoms with Gasteiger partial charge in [0.15, 0.2) is 0 Å². The first-order valence-electron chi connectivity index (χ1n) is 9.70. The van der Waals surface area contributed by atoms with Crippen molar-refractivity contribution in [2.45, 2.75) is 18.4 Å². The molecule has 0 radical (unpaired) electrons. The maximum atomic E-state index is 12.4. The fourth-order valence-electron chi connectivity index (χ4n) is 2.60. The molecule has 2 rings (SSSR count). The van der Waals surface area contributed by atoms with E-state index in [1.165, 1.54) is 26.2 Å². The van der Waals surface area contributed by atoms with E-state index in [2.05, 4.69) is 10.6 Å². The van der Waals surface area contributed by atoms with Crippen molar-refractivity contribution < 1.29 is 22.7 Å². The number of anilines is 1. The molecule has 0 bridgehead atoms. The Bertz CT molecular complexity index is 1030. The lowest BCUT2D eigenvalue weighted by Crippen LogP contribution is -2.30. The standard InChI is InChI=1S/C22H27N3O5S/c1-4-30-22(27)14-11-17-9-12-19(13-10-17)23-16-21(26)24-15-18-7-5-6-8-20(18)31(28,29)25(2)3/h5-14,23H,4,15-16H2,1-3H3,(H,24,26)/b14-11+. The first kappa shape index (κ1) is 24.1. The molecule has 0 heterocycles. The number of carbonyl (C=O) groups excluding carboxylic acids is 2. The zero-order chi connectivity index (χ0) is 22.9. The number of rotatable bonds is 10. The molecule has 2 N–H and O–H groups in total. The van der Waals surface area contributed by atoms with E-state index in [1.54, 1.807) is 55.5 Å². The molecule has 0 aliphatic rings. The van der Waals surface area contributed by atoms with Crippen molar-refractivity contribution in [2.24, 2.45) is 0 Å². The Kier molecular flexibility index (Phi) is 8.77. The van der Waals surface area contributed by atoms with Crippen molar-refractivity contribution >= 4 is 33.7 Å². The van der Waals surface area contributed by atoms with Crippen LogP contribution in [0.15, 0.2) is 59.5 Å². The molecule has 9 heteroatoms. The third-order valence-electron chi connectivity index (χ3n) is 4.27. The second-order valence-electron chi connectivity index (χ2n) is 6.73. The highest BCUT2D eigenvalue weighted by molar-refractivity contribution is 7.89. The Morgan fingerprint density at radius 3 is 2.39 bits per heavy atom. The number of hydrogen-bond donors (Lipinski definition) is 2. The summed E-state index contributed by atoms with van der Waals surface area (Å²) in [4.78, 5) is 23.7. The number of sulfonamides is 1. The molecule has 0 aliphatic carbocycles. The third kappa shape index (κ3) is 7.23. The summed E-state index contributed by atoms with van der Waals surface area (Å²) < 4.78 is 30.8. The SMILES string of the molecule is CCOC(=O)/C=C/c1ccc(NCC(=O)NCc2ccccc2S(=O)(=O)N(C)C)cc1. The lowest BCUT2D eigenvalue weighted by atomic mass is 10.2. The van der Waals surface area contributed by atoms with Gasteiger partial charge in [0.25, 0.3) is 0 Å². The fourth-order valence-corrected chi connectivity index (χ4v) is 3.72. The highest BCUT2D eigenvalue weighted by Gasteiger charge is 2.20. The van der Waals surface area contributed by atoms with Crippen LogP contribution >= 0.6 is 0 Å². The summed E-state index contributed by atoms with van der Waals surface area (Å²) >= 11 is 0. The van der Waals surface area contributed by atoms with Crippen molar-refractivity contribution in [1.29, 1.82) is 0 Å². The van der Waals surface area contributed by atoms with Gasteiger partial charge in [0, 0.05) is 32.4 Å². The van der Waals surface area contributed by atoms with Gasteiger partial charge in [-0.05, 0) is 42.3 Å². The number of ether oxygens (including phenoxy) is 1. The zero-order valence-electron chi connectivity index (χ0n) is 17.8. The van der Waals surface area contributed by atoms with Crippen LogP contribution in [-0.4, -0.2) is 51.8 Å². The van der Waals surface area contributed by atoms with Crippen LogP contribution in [0.4, 0.5) is 5.69 Å². The molecule has 0 spiro atoms. The van der Waals surface area contributed by atoms with E-state index in [-0.39, 0.29) is 23.9 Å². The molecule has 0 aliphatic heterocycles. The van der Waals surface area contributed by atoms with E-state index in [4.69, 9.17) is 4.74 Å². The van der Waals surface area contributed by atoms with Crippen molar-refractivity contribution in [2.75, 3.05) is 32.6 Å². The van der Waals surface area contributed by atoms with E-state index in [1.807, 2.05) is 0 Å². The van der Waals surface area contributed by atoms with E-state index in [0.717, 1.165) is 15.6 Å². The van der Waals surface area contributed by atoms with Crippen LogP contribution in [0.5, 0.6) is 0 Å². The summed E-state index contributed by atoms with van der Waals surface area (Å²) in [5, 5.41) is 5.73. The smallest absolute Gasteiger partial charge is 0.330 e. The molecular formula is C22H27N3O5S. The van der Waals surface area contributed by atoms with Gasteiger partial charge in [-0.1, -0.05) is 30.3 Å². The molecule has 2 aromatic rings. The highest BCUT2D eigenvalue weighted by atomic mass is 32.2. The van der Waals surface area contributed by atoms with Crippen molar-refractivity contribution in [1.82, 2.24) is 9.62 Å². The molecule has 31 heavy (non-hydrogen) atoms. The lowest BCUT2D eigenvalue weighted by molar-refractivity contribution is -0.137. The minimum atomic E-state index is -3.60. The quantitative estimate of drug-likeness (QED) is 0.429. The molecular weight excluding hydrogens is 418 g/mol. The number of nitrogens with one attached hydrogen (secondary N) is 2. The monoisotopic (exact) mass is 445 g/mol. The number of nitrogens with zero attached hydrogens (tertiary/aromatic N) is 1. The Labute approximate surface area is 183 Å². The van der Waals surface area contributed by atoms with Crippen molar-refractivity contribution in [3.63, 3.8) is 0 Å². The first-order chi connectivity index (χ1) is 14.7. The van der Waals surface area contributed by atoms with Crippen LogP contribution in [0.1, 0.15) is 18.1 Å². The van der Waals surface area contributed by atoms with Crippen molar-refractivity contribution in [3.05, 3.63) is 65.7 Å². The number of benzene rings is 2. The Morgan fingerprint density at radius 2 is 1.74 bits per heavy atom. The Morgan fingerprint density at radius 1 is 1.06 bits per heavy atom. The number of amides is 1. The number of hydrogen-bond acceptors (Lipinski definition) is 6. The van der Waals surface area contributed by atoms with Gasteiger partial charge in [-0.2, -0.15) is 0 Å². The van der Waals surface area contributed by atoms with Gasteiger partial charge in [-0.25, -0.2) is 17.5 Å². The van der Waals surface area contributed by atoms with Gasteiger partial charge >= 0.3 is 5.97 Å². The average Bonchev–Trinajstić information content (AvgIpc) is 2.75. The summed E-state index contributed by atoms with van der Waals surface area (Å²) in [6.07, 6.45) is 3.00. The van der Waals surface area contributed by atoms with Crippen LogP contribution in [0, 0.1) is 0 Å². The zero-order valence-corrected chi connectivity index (χ0v) is 18.6. The Hall–Kier alpha value is -3.17.